The molecule has 0 saturated carbocycles. The molecule has 0 unspecified atom stereocenters. The lowest BCUT2D eigenvalue weighted by atomic mass is 10.2. The number of methoxy groups -OCH3 is 1. The number of hydrogen-bond donors (Lipinski definition) is 1. The molecule has 34 heavy (non-hydrogen) atoms. The molecule has 0 aliphatic heterocycles. The average Bonchev–Trinajstić information content (AvgIpc) is 3.46. The van der Waals surface area contributed by atoms with Gasteiger partial charge in [0.25, 0.3) is 0 Å². The number of amides is 1. The van der Waals surface area contributed by atoms with Gasteiger partial charge in [-0.25, -0.2) is 9.37 Å². The molecule has 0 radical (unpaired) electrons. The van der Waals surface area contributed by atoms with Crippen LogP contribution in [0.15, 0.2) is 72.1 Å². The molecule has 1 N–H and O–H groups in total. The number of rotatable bonds is 7. The molecule has 0 spiro atoms. The Hall–Kier alpha value is -3.83. The van der Waals surface area contributed by atoms with Crippen LogP contribution >= 0.6 is 23.1 Å². The normalized spacial score (nSPS) is 11.0. The van der Waals surface area contributed by atoms with E-state index in [1.165, 1.54) is 35.2 Å². The molecule has 0 atom stereocenters. The monoisotopic (exact) mass is 492 g/mol. The molecule has 2 aromatic carbocycles. The van der Waals surface area contributed by atoms with Crippen molar-refractivity contribution in [3.8, 4) is 22.8 Å². The predicted molar refractivity (Wildman–Crippen MR) is 130 cm³/mol. The van der Waals surface area contributed by atoms with Gasteiger partial charge in [0.05, 0.1) is 23.1 Å². The van der Waals surface area contributed by atoms with Gasteiger partial charge in [0.15, 0.2) is 16.1 Å². The van der Waals surface area contributed by atoms with Crippen molar-refractivity contribution in [3.63, 3.8) is 0 Å². The number of thioether (sulfide) groups is 1. The lowest BCUT2D eigenvalue weighted by Crippen LogP contribution is -2.14. The van der Waals surface area contributed by atoms with Crippen molar-refractivity contribution in [2.45, 2.75) is 5.16 Å². The summed E-state index contributed by atoms with van der Waals surface area (Å²) in [6.45, 7) is 0. The van der Waals surface area contributed by atoms with Crippen LogP contribution < -0.4 is 10.1 Å². The summed E-state index contributed by atoms with van der Waals surface area (Å²) in [6.07, 6.45) is 3.32. The van der Waals surface area contributed by atoms with E-state index < -0.39 is 0 Å². The third-order valence-electron chi connectivity index (χ3n) is 4.83. The molecule has 8 nitrogen and oxygen atoms in total. The Morgan fingerprint density at radius 1 is 1.12 bits per heavy atom. The van der Waals surface area contributed by atoms with Crippen molar-refractivity contribution >= 4 is 44.4 Å². The molecule has 0 aliphatic carbocycles. The quantitative estimate of drug-likeness (QED) is 0.326. The smallest absolute Gasteiger partial charge is 0.236 e. The molecule has 1 amide bonds. The molecular weight excluding hydrogens is 475 g/mol. The number of nitrogens with one attached hydrogen (secondary N) is 1. The minimum Gasteiger partial charge on any atom is -0.497 e. The zero-order valence-corrected chi connectivity index (χ0v) is 19.4. The first-order chi connectivity index (χ1) is 16.6. The Morgan fingerprint density at radius 2 is 1.91 bits per heavy atom. The highest BCUT2D eigenvalue weighted by Crippen LogP contribution is 2.30. The molecule has 11 heteroatoms. The first-order valence-electron chi connectivity index (χ1n) is 10.1. The molecular formula is C23H17FN6O2S2. The number of pyridine rings is 1. The number of halogens is 1. The first-order valence-corrected chi connectivity index (χ1v) is 11.9. The van der Waals surface area contributed by atoms with E-state index in [1.807, 2.05) is 30.3 Å². The van der Waals surface area contributed by atoms with Gasteiger partial charge in [-0.2, -0.15) is 0 Å². The van der Waals surface area contributed by atoms with Crippen molar-refractivity contribution in [2.75, 3.05) is 18.2 Å². The minimum atomic E-state index is -0.343. The van der Waals surface area contributed by atoms with Crippen molar-refractivity contribution in [2.24, 2.45) is 0 Å². The molecule has 5 rings (SSSR count). The van der Waals surface area contributed by atoms with Gasteiger partial charge in [-0.05, 0) is 54.6 Å². The van der Waals surface area contributed by atoms with E-state index in [2.05, 4.69) is 25.5 Å². The van der Waals surface area contributed by atoms with E-state index in [0.29, 0.717) is 21.8 Å². The zero-order valence-electron chi connectivity index (χ0n) is 17.8. The largest absolute Gasteiger partial charge is 0.497 e. The van der Waals surface area contributed by atoms with E-state index in [1.54, 1.807) is 36.2 Å². The highest BCUT2D eigenvalue weighted by Gasteiger charge is 2.18. The molecule has 3 heterocycles. The second-order valence-electron chi connectivity index (χ2n) is 7.04. The van der Waals surface area contributed by atoms with Crippen molar-refractivity contribution in [1.82, 2.24) is 24.7 Å². The number of thiazole rings is 1. The van der Waals surface area contributed by atoms with Crippen LogP contribution in [0.4, 0.5) is 9.52 Å². The molecule has 3 aromatic heterocycles. The van der Waals surface area contributed by atoms with Crippen LogP contribution in [0.3, 0.4) is 0 Å². The average molecular weight is 493 g/mol. The number of nitrogens with zero attached hydrogens (tertiary/aromatic N) is 5. The maximum absolute atomic E-state index is 13.5. The predicted octanol–water partition coefficient (Wildman–Crippen LogP) is 4.82. The zero-order chi connectivity index (χ0) is 23.5. The van der Waals surface area contributed by atoms with Gasteiger partial charge in [-0.1, -0.05) is 23.1 Å². The number of benzene rings is 2. The van der Waals surface area contributed by atoms with Gasteiger partial charge >= 0.3 is 0 Å². The summed E-state index contributed by atoms with van der Waals surface area (Å²) in [6, 6.07) is 15.2. The summed E-state index contributed by atoms with van der Waals surface area (Å²) in [7, 11) is 1.60. The summed E-state index contributed by atoms with van der Waals surface area (Å²) in [4.78, 5) is 21.1. The minimum absolute atomic E-state index is 0.0922. The second kappa shape index (κ2) is 9.57. The van der Waals surface area contributed by atoms with Crippen LogP contribution in [0.2, 0.25) is 0 Å². The third kappa shape index (κ3) is 4.61. The van der Waals surface area contributed by atoms with Gasteiger partial charge in [-0.3, -0.25) is 14.3 Å². The first kappa shape index (κ1) is 22.0. The fourth-order valence-electron chi connectivity index (χ4n) is 3.25. The second-order valence-corrected chi connectivity index (χ2v) is 9.02. The summed E-state index contributed by atoms with van der Waals surface area (Å²) in [5.41, 5.74) is 2.26. The standard InChI is InChI=1S/C23H17FN6O2S2/c1-32-17-6-7-18-19(12-17)34-22(26-18)27-20(31)13-33-23-29-28-21(14-8-10-25-11-9-14)30(23)16-4-2-15(24)3-5-16/h2-12H,13H2,1H3,(H,26,27,31). The Morgan fingerprint density at radius 3 is 2.68 bits per heavy atom. The van der Waals surface area contributed by atoms with E-state index in [-0.39, 0.29) is 17.5 Å². The maximum atomic E-state index is 13.5. The molecule has 0 fully saturated rings. The highest BCUT2D eigenvalue weighted by molar-refractivity contribution is 7.99. The summed E-state index contributed by atoms with van der Waals surface area (Å²) in [5.74, 6) is 0.820. The fraction of sp³-hybridized carbons (Fsp3) is 0.0870. The number of ether oxygens (including phenoxy) is 1. The molecule has 5 aromatic rings. The Kier molecular flexibility index (Phi) is 6.19. The number of aromatic nitrogens is 5. The molecule has 0 saturated heterocycles. The lowest BCUT2D eigenvalue weighted by Gasteiger charge is -2.10. The Labute approximate surface area is 201 Å². The van der Waals surface area contributed by atoms with E-state index >= 15 is 0 Å². The van der Waals surface area contributed by atoms with Crippen molar-refractivity contribution in [3.05, 3.63) is 72.8 Å². The van der Waals surface area contributed by atoms with Gasteiger partial charge in [0, 0.05) is 23.6 Å². The maximum Gasteiger partial charge on any atom is 0.236 e. The van der Waals surface area contributed by atoms with E-state index in [4.69, 9.17) is 4.74 Å². The van der Waals surface area contributed by atoms with Crippen LogP contribution in [0.25, 0.3) is 27.3 Å². The van der Waals surface area contributed by atoms with Crippen LogP contribution in [0, 0.1) is 5.82 Å². The molecule has 170 valence electrons. The fourth-order valence-corrected chi connectivity index (χ4v) is 4.91. The van der Waals surface area contributed by atoms with Crippen LogP contribution in [0.1, 0.15) is 0 Å². The van der Waals surface area contributed by atoms with Crippen molar-refractivity contribution in [1.29, 1.82) is 0 Å². The number of carbonyl (C=O) groups excluding carboxylic acids is 1. The third-order valence-corrected chi connectivity index (χ3v) is 6.69. The van der Waals surface area contributed by atoms with E-state index in [9.17, 15) is 9.18 Å². The van der Waals surface area contributed by atoms with Crippen LogP contribution in [0.5, 0.6) is 5.75 Å². The van der Waals surface area contributed by atoms with Crippen molar-refractivity contribution < 1.29 is 13.9 Å². The molecule has 0 aliphatic rings. The van der Waals surface area contributed by atoms with Gasteiger partial charge in [-0.15, -0.1) is 10.2 Å². The Balaban J connectivity index is 1.36. The number of carbonyl (C=O) groups is 1. The summed E-state index contributed by atoms with van der Waals surface area (Å²) < 4.78 is 21.5. The summed E-state index contributed by atoms with van der Waals surface area (Å²) >= 11 is 2.60. The highest BCUT2D eigenvalue weighted by atomic mass is 32.2. The summed E-state index contributed by atoms with van der Waals surface area (Å²) in [5, 5.41) is 12.4. The number of anilines is 1. The lowest BCUT2D eigenvalue weighted by molar-refractivity contribution is -0.113. The SMILES string of the molecule is COc1ccc2nc(NC(=O)CSc3nnc(-c4ccncc4)n3-c3ccc(F)cc3)sc2c1. The molecule has 0 bridgehead atoms. The van der Waals surface area contributed by atoms with Crippen LogP contribution in [-0.4, -0.2) is 43.5 Å². The van der Waals surface area contributed by atoms with Gasteiger partial charge in [0.1, 0.15) is 11.6 Å². The van der Waals surface area contributed by atoms with Gasteiger partial charge < -0.3 is 10.1 Å². The van der Waals surface area contributed by atoms with Crippen LogP contribution in [-0.2, 0) is 4.79 Å². The number of fused-ring (bicyclic) bond motifs is 1. The van der Waals surface area contributed by atoms with Gasteiger partial charge in [0.2, 0.25) is 5.91 Å². The number of hydrogen-bond acceptors (Lipinski definition) is 8. The topological polar surface area (TPSA) is 94.8 Å². The Bertz CT molecular complexity index is 1450. The van der Waals surface area contributed by atoms with E-state index in [0.717, 1.165) is 21.5 Å².